The molecule has 0 saturated heterocycles. The quantitative estimate of drug-likeness (QED) is 0.666. The van der Waals surface area contributed by atoms with Gasteiger partial charge in [0.2, 0.25) is 5.91 Å². The van der Waals surface area contributed by atoms with E-state index in [0.29, 0.717) is 11.5 Å². The zero-order valence-corrected chi connectivity index (χ0v) is 17.2. The van der Waals surface area contributed by atoms with Gasteiger partial charge in [0, 0.05) is 12.3 Å². The van der Waals surface area contributed by atoms with Crippen LogP contribution in [0.3, 0.4) is 0 Å². The summed E-state index contributed by atoms with van der Waals surface area (Å²) in [6, 6.07) is 13.1. The molecule has 2 aromatic rings. The molecule has 2 aromatic carbocycles. The lowest BCUT2D eigenvalue weighted by molar-refractivity contribution is -0.117. The molecule has 0 saturated carbocycles. The number of nitrogens with one attached hydrogen (secondary N) is 1. The van der Waals surface area contributed by atoms with Crippen molar-refractivity contribution in [3.05, 3.63) is 59.7 Å². The van der Waals surface area contributed by atoms with Crippen LogP contribution in [0.15, 0.2) is 53.4 Å². The van der Waals surface area contributed by atoms with Crippen LogP contribution in [0.4, 0.5) is 0 Å². The maximum Gasteiger partial charge on any atom is 0.244 e. The highest BCUT2D eigenvalue weighted by Crippen LogP contribution is 2.28. The highest BCUT2D eigenvalue weighted by Gasteiger charge is 2.11. The van der Waals surface area contributed by atoms with Gasteiger partial charge in [0.05, 0.1) is 18.0 Å². The van der Waals surface area contributed by atoms with Crippen molar-refractivity contribution in [3.8, 4) is 17.6 Å². The number of carbonyl (C=O) groups is 1. The Morgan fingerprint density at radius 2 is 1.90 bits per heavy atom. The first kappa shape index (κ1) is 22.0. The SMILES string of the molecule is COc1cc(/C=C/C(=O)NC(C)c2ccc(S(C)(=O)=O)cc2)ccc1OCC#N. The summed E-state index contributed by atoms with van der Waals surface area (Å²) in [5, 5.41) is 11.4. The van der Waals surface area contributed by atoms with Gasteiger partial charge in [-0.2, -0.15) is 5.26 Å². The summed E-state index contributed by atoms with van der Waals surface area (Å²) in [6.45, 7) is 1.72. The Balaban J connectivity index is 2.02. The van der Waals surface area contributed by atoms with Gasteiger partial charge in [-0.1, -0.05) is 18.2 Å². The lowest BCUT2D eigenvalue weighted by Gasteiger charge is -2.13. The minimum atomic E-state index is -3.26. The van der Waals surface area contributed by atoms with E-state index >= 15 is 0 Å². The molecule has 0 spiro atoms. The predicted molar refractivity (Wildman–Crippen MR) is 109 cm³/mol. The van der Waals surface area contributed by atoms with Crippen LogP contribution in [-0.4, -0.2) is 34.3 Å². The van der Waals surface area contributed by atoms with Crippen LogP contribution in [0.25, 0.3) is 6.08 Å². The van der Waals surface area contributed by atoms with Crippen LogP contribution in [0.1, 0.15) is 24.1 Å². The number of methoxy groups -OCH3 is 1. The number of rotatable bonds is 8. The molecular weight excluding hydrogens is 392 g/mol. The molecule has 1 atom stereocenters. The van der Waals surface area contributed by atoms with E-state index < -0.39 is 9.84 Å². The second kappa shape index (κ2) is 9.75. The van der Waals surface area contributed by atoms with Crippen LogP contribution < -0.4 is 14.8 Å². The van der Waals surface area contributed by atoms with Gasteiger partial charge >= 0.3 is 0 Å². The van der Waals surface area contributed by atoms with E-state index in [1.54, 1.807) is 36.4 Å². The molecule has 2 rings (SSSR count). The number of benzene rings is 2. The third-order valence-electron chi connectivity index (χ3n) is 4.07. The molecular formula is C21H22N2O5S. The fraction of sp³-hybridized carbons (Fsp3) is 0.238. The topological polar surface area (TPSA) is 105 Å². The molecule has 0 aliphatic carbocycles. The molecule has 0 aliphatic heterocycles. The molecule has 0 aliphatic rings. The number of hydrogen-bond donors (Lipinski definition) is 1. The van der Waals surface area contributed by atoms with Gasteiger partial charge in [-0.25, -0.2) is 8.42 Å². The average Bonchev–Trinajstić information content (AvgIpc) is 2.70. The largest absolute Gasteiger partial charge is 0.493 e. The molecule has 0 fully saturated rings. The molecule has 1 N–H and O–H groups in total. The highest BCUT2D eigenvalue weighted by atomic mass is 32.2. The second-order valence-corrected chi connectivity index (χ2v) is 8.28. The van der Waals surface area contributed by atoms with Gasteiger partial charge in [0.15, 0.2) is 27.9 Å². The fourth-order valence-corrected chi connectivity index (χ4v) is 3.17. The zero-order chi connectivity index (χ0) is 21.4. The number of amides is 1. The molecule has 0 bridgehead atoms. The van der Waals surface area contributed by atoms with Gasteiger partial charge in [-0.3, -0.25) is 4.79 Å². The molecule has 1 amide bonds. The van der Waals surface area contributed by atoms with Crippen molar-refractivity contribution in [1.29, 1.82) is 5.26 Å². The Hall–Kier alpha value is -3.31. The monoisotopic (exact) mass is 414 g/mol. The van der Waals surface area contributed by atoms with E-state index in [1.165, 1.54) is 25.3 Å². The lowest BCUT2D eigenvalue weighted by atomic mass is 10.1. The normalized spacial score (nSPS) is 12.2. The molecule has 7 nitrogen and oxygen atoms in total. The van der Waals surface area contributed by atoms with Crippen molar-refractivity contribution in [2.45, 2.75) is 17.9 Å². The third-order valence-corrected chi connectivity index (χ3v) is 5.20. The number of carbonyl (C=O) groups excluding carboxylic acids is 1. The first-order chi connectivity index (χ1) is 13.7. The molecule has 0 radical (unpaired) electrons. The second-order valence-electron chi connectivity index (χ2n) is 6.26. The lowest BCUT2D eigenvalue weighted by Crippen LogP contribution is -2.24. The number of sulfone groups is 1. The van der Waals surface area contributed by atoms with Crippen molar-refractivity contribution in [2.75, 3.05) is 20.0 Å². The Bertz CT molecular complexity index is 1040. The fourth-order valence-electron chi connectivity index (χ4n) is 2.54. The van der Waals surface area contributed by atoms with Crippen LogP contribution in [0, 0.1) is 11.3 Å². The van der Waals surface area contributed by atoms with E-state index in [4.69, 9.17) is 14.7 Å². The van der Waals surface area contributed by atoms with E-state index in [0.717, 1.165) is 17.4 Å². The predicted octanol–water partition coefficient (Wildman–Crippen LogP) is 2.89. The summed E-state index contributed by atoms with van der Waals surface area (Å²) < 4.78 is 33.5. The zero-order valence-electron chi connectivity index (χ0n) is 16.4. The number of nitriles is 1. The molecule has 152 valence electrons. The summed E-state index contributed by atoms with van der Waals surface area (Å²) >= 11 is 0. The van der Waals surface area contributed by atoms with Crippen molar-refractivity contribution in [3.63, 3.8) is 0 Å². The van der Waals surface area contributed by atoms with Crippen molar-refractivity contribution >= 4 is 21.8 Å². The smallest absolute Gasteiger partial charge is 0.244 e. The minimum Gasteiger partial charge on any atom is -0.493 e. The maximum absolute atomic E-state index is 12.2. The van der Waals surface area contributed by atoms with Gasteiger partial charge in [0.25, 0.3) is 0 Å². The maximum atomic E-state index is 12.2. The van der Waals surface area contributed by atoms with Crippen LogP contribution >= 0.6 is 0 Å². The summed E-state index contributed by atoms with van der Waals surface area (Å²) in [5.74, 6) is 0.609. The summed E-state index contributed by atoms with van der Waals surface area (Å²) in [6.07, 6.45) is 4.17. The van der Waals surface area contributed by atoms with E-state index in [-0.39, 0.29) is 23.5 Å². The Labute approximate surface area is 170 Å². The summed E-state index contributed by atoms with van der Waals surface area (Å²) in [7, 11) is -1.76. The van der Waals surface area contributed by atoms with E-state index in [1.807, 2.05) is 13.0 Å². The van der Waals surface area contributed by atoms with Gasteiger partial charge < -0.3 is 14.8 Å². The number of ether oxygens (including phenoxy) is 2. The summed E-state index contributed by atoms with van der Waals surface area (Å²) in [5.41, 5.74) is 1.52. The first-order valence-corrected chi connectivity index (χ1v) is 10.6. The van der Waals surface area contributed by atoms with E-state index in [9.17, 15) is 13.2 Å². The molecule has 0 aromatic heterocycles. The van der Waals surface area contributed by atoms with Gasteiger partial charge in [-0.15, -0.1) is 0 Å². The van der Waals surface area contributed by atoms with E-state index in [2.05, 4.69) is 5.32 Å². The van der Waals surface area contributed by atoms with Crippen molar-refractivity contribution in [1.82, 2.24) is 5.32 Å². The van der Waals surface area contributed by atoms with Crippen molar-refractivity contribution < 1.29 is 22.7 Å². The Morgan fingerprint density at radius 1 is 1.21 bits per heavy atom. The Morgan fingerprint density at radius 3 is 2.48 bits per heavy atom. The number of hydrogen-bond acceptors (Lipinski definition) is 6. The minimum absolute atomic E-state index is 0.0863. The Kier molecular flexibility index (Phi) is 7.39. The van der Waals surface area contributed by atoms with Gasteiger partial charge in [-0.05, 0) is 48.4 Å². The van der Waals surface area contributed by atoms with Crippen molar-refractivity contribution in [2.24, 2.45) is 0 Å². The molecule has 1 unspecified atom stereocenters. The van der Waals surface area contributed by atoms with Crippen LogP contribution in [-0.2, 0) is 14.6 Å². The molecule has 29 heavy (non-hydrogen) atoms. The van der Waals surface area contributed by atoms with Crippen LogP contribution in [0.5, 0.6) is 11.5 Å². The molecule has 0 heterocycles. The first-order valence-electron chi connectivity index (χ1n) is 8.71. The average molecular weight is 414 g/mol. The van der Waals surface area contributed by atoms with Gasteiger partial charge in [0.1, 0.15) is 6.07 Å². The number of nitrogens with zero attached hydrogens (tertiary/aromatic N) is 1. The molecule has 8 heteroatoms. The highest BCUT2D eigenvalue weighted by molar-refractivity contribution is 7.90. The standard InChI is InChI=1S/C21H22N2O5S/c1-15(17-6-8-18(9-7-17)29(3,25)26)23-21(24)11-5-16-4-10-19(28-13-12-22)20(14-16)27-2/h4-11,14-15H,13H2,1-3H3,(H,23,24)/b11-5+. The summed E-state index contributed by atoms with van der Waals surface area (Å²) in [4.78, 5) is 12.4. The third kappa shape index (κ3) is 6.36. The van der Waals surface area contributed by atoms with Crippen LogP contribution in [0.2, 0.25) is 0 Å².